The van der Waals surface area contributed by atoms with Gasteiger partial charge >= 0.3 is 0 Å². The lowest BCUT2D eigenvalue weighted by atomic mass is 10.2. The van der Waals surface area contributed by atoms with Gasteiger partial charge in [-0.15, -0.1) is 0 Å². The molecule has 0 spiro atoms. The fourth-order valence-electron chi connectivity index (χ4n) is 0.690. The highest BCUT2D eigenvalue weighted by Crippen LogP contribution is 2.21. The quantitative estimate of drug-likeness (QED) is 0.772. The van der Waals surface area contributed by atoms with Crippen molar-refractivity contribution in [1.29, 1.82) is 0 Å². The monoisotopic (exact) mass is 214 g/mol. The van der Waals surface area contributed by atoms with E-state index in [1.54, 1.807) is 6.07 Å². The average molecular weight is 215 g/mol. The topological polar surface area (TPSA) is 61.1 Å². The molecule has 4 heteroatoms. The van der Waals surface area contributed by atoms with E-state index in [1.807, 2.05) is 0 Å². The second kappa shape index (κ2) is 2.92. The van der Waals surface area contributed by atoms with Crippen LogP contribution in [0.3, 0.4) is 0 Å². The van der Waals surface area contributed by atoms with Crippen LogP contribution in [0.25, 0.3) is 0 Å². The predicted molar refractivity (Wildman–Crippen MR) is 43.2 cm³/mol. The maximum Gasteiger partial charge on any atom is 0.273 e. The van der Waals surface area contributed by atoms with Gasteiger partial charge in [0, 0.05) is 4.47 Å². The molecule has 0 aliphatic rings. The zero-order valence-electron chi connectivity index (χ0n) is 5.47. The van der Waals surface area contributed by atoms with Crippen LogP contribution in [0.15, 0.2) is 22.7 Å². The van der Waals surface area contributed by atoms with Crippen LogP contribution >= 0.6 is 15.9 Å². The molecule has 1 aromatic rings. The van der Waals surface area contributed by atoms with E-state index < -0.39 is 5.91 Å². The Balaban J connectivity index is 3.23. The van der Waals surface area contributed by atoms with E-state index in [2.05, 4.69) is 15.9 Å². The van der Waals surface area contributed by atoms with E-state index in [0.717, 1.165) is 0 Å². The maximum absolute atomic E-state index is 10.5. The van der Waals surface area contributed by atoms with Crippen LogP contribution in [-0.2, 0) is 0 Å². The first kappa shape index (κ1) is 8.07. The number of rotatable bonds is 1. The lowest BCUT2D eigenvalue weighted by Gasteiger charge is -1.98. The van der Waals surface area contributed by atoms with E-state index in [4.69, 9.17) is 10.8 Å². The molecule has 0 atom stereocenters. The molecule has 0 unspecified atom stereocenters. The van der Waals surface area contributed by atoms with Crippen LogP contribution in [0.2, 0.25) is 0 Å². The Morgan fingerprint density at radius 1 is 1.55 bits per heavy atom. The van der Waals surface area contributed by atoms with Gasteiger partial charge in [-0.05, 0) is 18.2 Å². The van der Waals surface area contributed by atoms with Gasteiger partial charge < -0.3 is 5.11 Å². The second-order valence-electron chi connectivity index (χ2n) is 1.99. The summed E-state index contributed by atoms with van der Waals surface area (Å²) in [5.74, 6) is -1.04. The van der Waals surface area contributed by atoms with Crippen LogP contribution in [0, 0.1) is 0 Å². The summed E-state index contributed by atoms with van der Waals surface area (Å²) in [4.78, 5) is 10.5. The fraction of sp³-hybridized carbons (Fsp3) is 0. The Bertz CT molecular complexity index is 298. The van der Waals surface area contributed by atoms with Crippen molar-refractivity contribution in [3.8, 4) is 5.75 Å². The Kier molecular flexibility index (Phi) is 2.14. The van der Waals surface area contributed by atoms with Crippen molar-refractivity contribution in [2.24, 2.45) is 0 Å². The molecule has 1 rings (SSSR count). The summed E-state index contributed by atoms with van der Waals surface area (Å²) in [5.41, 5.74) is 6.75. The van der Waals surface area contributed by atoms with Crippen LogP contribution in [0.5, 0.6) is 5.75 Å². The smallest absolute Gasteiger partial charge is 0.273 e. The third kappa shape index (κ3) is 1.71. The number of hydrogen-bond donors (Lipinski definition) is 1. The number of carbonyl (C=O) groups is 1. The third-order valence-corrected chi connectivity index (χ3v) is 1.70. The summed E-state index contributed by atoms with van der Waals surface area (Å²) in [6, 6.07) is 4.37. The molecule has 57 valence electrons. The first-order valence-corrected chi connectivity index (χ1v) is 3.65. The minimum atomic E-state index is -0.885. The molecule has 3 nitrogen and oxygen atoms in total. The van der Waals surface area contributed by atoms with E-state index in [1.165, 1.54) is 12.1 Å². The molecular weight excluding hydrogens is 210 g/mol. The SMILES string of the molecule is [NH]C(=O)c1cc(Br)ccc1O. The van der Waals surface area contributed by atoms with Crippen molar-refractivity contribution >= 4 is 21.8 Å². The summed E-state index contributed by atoms with van der Waals surface area (Å²) in [7, 11) is 0. The second-order valence-corrected chi connectivity index (χ2v) is 2.91. The number of carbonyl (C=O) groups excluding carboxylic acids is 1. The Morgan fingerprint density at radius 2 is 2.18 bits per heavy atom. The van der Waals surface area contributed by atoms with Gasteiger partial charge in [-0.1, -0.05) is 15.9 Å². The van der Waals surface area contributed by atoms with Crippen molar-refractivity contribution in [1.82, 2.24) is 5.73 Å². The van der Waals surface area contributed by atoms with Gasteiger partial charge in [0.25, 0.3) is 5.91 Å². The minimum Gasteiger partial charge on any atom is -0.507 e. The van der Waals surface area contributed by atoms with Crippen LogP contribution in [0.4, 0.5) is 0 Å². The molecule has 0 bridgehead atoms. The van der Waals surface area contributed by atoms with Gasteiger partial charge in [-0.3, -0.25) is 10.5 Å². The number of amides is 1. The highest BCUT2D eigenvalue weighted by Gasteiger charge is 2.07. The molecule has 2 N–H and O–H groups in total. The first-order chi connectivity index (χ1) is 5.11. The third-order valence-electron chi connectivity index (χ3n) is 1.20. The van der Waals surface area contributed by atoms with Crippen molar-refractivity contribution in [2.75, 3.05) is 0 Å². The Labute approximate surface area is 72.0 Å². The highest BCUT2D eigenvalue weighted by atomic mass is 79.9. The minimum absolute atomic E-state index is 0.0133. The van der Waals surface area contributed by atoms with E-state index in [-0.39, 0.29) is 11.3 Å². The molecular formula is C7H5BrNO2. The molecule has 1 amide bonds. The number of aromatic hydroxyl groups is 1. The zero-order chi connectivity index (χ0) is 8.43. The molecule has 0 aliphatic carbocycles. The maximum atomic E-state index is 10.5. The van der Waals surface area contributed by atoms with Crippen LogP contribution < -0.4 is 5.73 Å². The molecule has 0 heterocycles. The van der Waals surface area contributed by atoms with Gasteiger partial charge in [0.1, 0.15) is 5.75 Å². The molecule has 0 saturated heterocycles. The van der Waals surface area contributed by atoms with Crippen molar-refractivity contribution in [2.45, 2.75) is 0 Å². The summed E-state index contributed by atoms with van der Waals surface area (Å²) < 4.78 is 0.672. The lowest BCUT2D eigenvalue weighted by Crippen LogP contribution is -1.98. The average Bonchev–Trinajstić information content (AvgIpc) is 1.94. The Morgan fingerprint density at radius 3 is 2.64 bits per heavy atom. The highest BCUT2D eigenvalue weighted by molar-refractivity contribution is 9.10. The normalized spacial score (nSPS) is 9.55. The largest absolute Gasteiger partial charge is 0.507 e. The zero-order valence-corrected chi connectivity index (χ0v) is 7.05. The molecule has 0 fully saturated rings. The number of hydrogen-bond acceptors (Lipinski definition) is 2. The number of halogens is 1. The van der Waals surface area contributed by atoms with Gasteiger partial charge in [0.2, 0.25) is 0 Å². The number of phenols is 1. The molecule has 11 heavy (non-hydrogen) atoms. The van der Waals surface area contributed by atoms with Gasteiger partial charge in [0.05, 0.1) is 5.56 Å². The van der Waals surface area contributed by atoms with E-state index in [0.29, 0.717) is 4.47 Å². The predicted octanol–water partition coefficient (Wildman–Crippen LogP) is 1.58. The molecule has 1 radical (unpaired) electrons. The van der Waals surface area contributed by atoms with Crippen molar-refractivity contribution in [3.63, 3.8) is 0 Å². The molecule has 0 aromatic heterocycles. The molecule has 0 saturated carbocycles. The Hall–Kier alpha value is -1.03. The van der Waals surface area contributed by atoms with Crippen LogP contribution in [0.1, 0.15) is 10.4 Å². The standard InChI is InChI=1S/C7H5BrNO2/c8-4-1-2-6(10)5(3-4)7(9)11/h1-3,9-10H. The van der Waals surface area contributed by atoms with Gasteiger partial charge in [-0.25, -0.2) is 0 Å². The number of phenolic OH excluding ortho intramolecular Hbond substituents is 1. The summed E-state index contributed by atoms with van der Waals surface area (Å²) >= 11 is 3.12. The summed E-state index contributed by atoms with van der Waals surface area (Å²) in [5, 5.41) is 9.04. The van der Waals surface area contributed by atoms with Gasteiger partial charge in [-0.2, -0.15) is 0 Å². The summed E-state index contributed by atoms with van der Waals surface area (Å²) in [6.45, 7) is 0. The lowest BCUT2D eigenvalue weighted by molar-refractivity contribution is 0.0989. The summed E-state index contributed by atoms with van der Waals surface area (Å²) in [6.07, 6.45) is 0. The van der Waals surface area contributed by atoms with Crippen molar-refractivity contribution in [3.05, 3.63) is 28.2 Å². The number of benzene rings is 1. The molecule has 0 aliphatic heterocycles. The van der Waals surface area contributed by atoms with Crippen molar-refractivity contribution < 1.29 is 9.90 Å². The number of nitrogens with one attached hydrogen (secondary N) is 1. The van der Waals surface area contributed by atoms with Gasteiger partial charge in [0.15, 0.2) is 0 Å². The first-order valence-electron chi connectivity index (χ1n) is 2.85. The van der Waals surface area contributed by atoms with E-state index >= 15 is 0 Å². The fourth-order valence-corrected chi connectivity index (χ4v) is 1.05. The van der Waals surface area contributed by atoms with Crippen LogP contribution in [-0.4, -0.2) is 11.0 Å². The molecule has 1 aromatic carbocycles. The van der Waals surface area contributed by atoms with E-state index in [9.17, 15) is 4.79 Å².